The summed E-state index contributed by atoms with van der Waals surface area (Å²) in [5.74, 6) is 0.898. The summed E-state index contributed by atoms with van der Waals surface area (Å²) in [4.78, 5) is 23.3. The molecule has 1 aliphatic rings. The highest BCUT2D eigenvalue weighted by atomic mass is 32.2. The van der Waals surface area contributed by atoms with Crippen LogP contribution in [0, 0.1) is 0 Å². The summed E-state index contributed by atoms with van der Waals surface area (Å²) in [7, 11) is -3.75. The second-order valence-corrected chi connectivity index (χ2v) is 8.25. The number of sulfonamides is 1. The van der Waals surface area contributed by atoms with Crippen molar-refractivity contribution in [1.29, 1.82) is 0 Å². The molecule has 0 saturated heterocycles. The third kappa shape index (κ3) is 5.55. The topological polar surface area (TPSA) is 111 Å². The molecule has 2 aromatic rings. The van der Waals surface area contributed by atoms with Gasteiger partial charge in [0.25, 0.3) is 0 Å². The van der Waals surface area contributed by atoms with Crippen LogP contribution in [0.5, 0.6) is 11.5 Å². The van der Waals surface area contributed by atoms with Gasteiger partial charge in [-0.2, -0.15) is 0 Å². The lowest BCUT2D eigenvalue weighted by Gasteiger charge is -2.19. The van der Waals surface area contributed by atoms with Crippen LogP contribution >= 0.6 is 0 Å². The van der Waals surface area contributed by atoms with E-state index in [1.54, 1.807) is 6.07 Å². The van der Waals surface area contributed by atoms with Gasteiger partial charge in [-0.05, 0) is 36.8 Å². The van der Waals surface area contributed by atoms with Gasteiger partial charge >= 0.3 is 0 Å². The Kier molecular flexibility index (Phi) is 6.50. The molecule has 0 spiro atoms. The lowest BCUT2D eigenvalue weighted by molar-refractivity contribution is -0.121. The molecule has 29 heavy (non-hydrogen) atoms. The second-order valence-electron chi connectivity index (χ2n) is 6.48. The Hall–Kier alpha value is -2.91. The third-order valence-electron chi connectivity index (χ3n) is 4.31. The van der Waals surface area contributed by atoms with Gasteiger partial charge < -0.3 is 14.8 Å². The van der Waals surface area contributed by atoms with E-state index in [1.165, 1.54) is 31.2 Å². The minimum atomic E-state index is -3.75. The molecule has 3 rings (SSSR count). The highest BCUT2D eigenvalue weighted by Gasteiger charge is 2.15. The first kappa shape index (κ1) is 20.8. The number of hydrogen-bond donors (Lipinski definition) is 2. The maximum atomic E-state index is 12.3. The van der Waals surface area contributed by atoms with Crippen molar-refractivity contribution in [2.75, 3.05) is 19.8 Å². The molecule has 2 N–H and O–H groups in total. The minimum absolute atomic E-state index is 0.00465. The molecule has 0 aliphatic carbocycles. The van der Waals surface area contributed by atoms with Crippen LogP contribution in [0.15, 0.2) is 47.4 Å². The Morgan fingerprint density at radius 1 is 1.00 bits per heavy atom. The van der Waals surface area contributed by atoms with E-state index < -0.39 is 10.0 Å². The lowest BCUT2D eigenvalue weighted by atomic mass is 10.2. The molecule has 0 saturated carbocycles. The molecule has 0 aromatic heterocycles. The predicted molar refractivity (Wildman–Crippen MR) is 106 cm³/mol. The zero-order valence-electron chi connectivity index (χ0n) is 15.9. The fourth-order valence-corrected chi connectivity index (χ4v) is 3.77. The lowest BCUT2D eigenvalue weighted by Crippen LogP contribution is -2.30. The molecular formula is C20H22N2O6S. The van der Waals surface area contributed by atoms with Gasteiger partial charge in [0.15, 0.2) is 17.3 Å². The van der Waals surface area contributed by atoms with Gasteiger partial charge in [-0.15, -0.1) is 0 Å². The van der Waals surface area contributed by atoms with Crippen molar-refractivity contribution in [1.82, 2.24) is 10.0 Å². The van der Waals surface area contributed by atoms with Crippen molar-refractivity contribution >= 4 is 21.7 Å². The summed E-state index contributed by atoms with van der Waals surface area (Å²) in [6, 6.07) is 11.1. The average Bonchev–Trinajstić information content (AvgIpc) is 2.72. The van der Waals surface area contributed by atoms with Crippen LogP contribution in [0.2, 0.25) is 0 Å². The summed E-state index contributed by atoms with van der Waals surface area (Å²) >= 11 is 0. The van der Waals surface area contributed by atoms with Crippen molar-refractivity contribution in [2.24, 2.45) is 0 Å². The molecule has 154 valence electrons. The van der Waals surface area contributed by atoms with Crippen molar-refractivity contribution in [3.05, 3.63) is 53.6 Å². The van der Waals surface area contributed by atoms with Crippen LogP contribution in [0.4, 0.5) is 0 Å². The van der Waals surface area contributed by atoms with Crippen LogP contribution in [-0.4, -0.2) is 39.9 Å². The number of carbonyl (C=O) groups is 2. The summed E-state index contributed by atoms with van der Waals surface area (Å²) in [6.45, 7) is 2.67. The van der Waals surface area contributed by atoms with E-state index in [-0.39, 0.29) is 29.6 Å². The molecule has 1 aliphatic heterocycles. The number of ether oxygens (including phenoxy) is 2. The van der Waals surface area contributed by atoms with Crippen LogP contribution in [0.3, 0.4) is 0 Å². The number of rotatable bonds is 8. The largest absolute Gasteiger partial charge is 0.486 e. The molecule has 0 unspecified atom stereocenters. The molecule has 0 atom stereocenters. The SMILES string of the molecule is CC(=O)c1ccc(S(=O)(=O)NCCC(=O)NCc2ccc3c(c2)OCCO3)cc1. The number of hydrogen-bond acceptors (Lipinski definition) is 6. The molecule has 0 radical (unpaired) electrons. The van der Waals surface area contributed by atoms with E-state index in [0.717, 1.165) is 5.56 Å². The van der Waals surface area contributed by atoms with E-state index in [2.05, 4.69) is 10.0 Å². The van der Waals surface area contributed by atoms with Gasteiger partial charge in [-0.1, -0.05) is 18.2 Å². The fourth-order valence-electron chi connectivity index (χ4n) is 2.74. The molecule has 8 nitrogen and oxygen atoms in total. The highest BCUT2D eigenvalue weighted by molar-refractivity contribution is 7.89. The number of ketones is 1. The Morgan fingerprint density at radius 3 is 2.38 bits per heavy atom. The average molecular weight is 418 g/mol. The molecule has 1 amide bonds. The normalized spacial score (nSPS) is 13.0. The maximum Gasteiger partial charge on any atom is 0.240 e. The van der Waals surface area contributed by atoms with Crippen LogP contribution in [-0.2, 0) is 21.4 Å². The van der Waals surface area contributed by atoms with Crippen molar-refractivity contribution in [3.63, 3.8) is 0 Å². The van der Waals surface area contributed by atoms with Gasteiger partial charge in [0.05, 0.1) is 4.90 Å². The zero-order chi connectivity index (χ0) is 20.9. The van der Waals surface area contributed by atoms with E-state index in [9.17, 15) is 18.0 Å². The quantitative estimate of drug-likeness (QED) is 0.631. The Balaban J connectivity index is 1.46. The Bertz CT molecular complexity index is 1000. The number of carbonyl (C=O) groups excluding carboxylic acids is 2. The minimum Gasteiger partial charge on any atom is -0.486 e. The van der Waals surface area contributed by atoms with Gasteiger partial charge in [0, 0.05) is 25.1 Å². The van der Waals surface area contributed by atoms with Gasteiger partial charge in [-0.3, -0.25) is 9.59 Å². The van der Waals surface area contributed by atoms with Crippen LogP contribution < -0.4 is 19.5 Å². The smallest absolute Gasteiger partial charge is 0.240 e. The van der Waals surface area contributed by atoms with Crippen molar-refractivity contribution in [3.8, 4) is 11.5 Å². The van der Waals surface area contributed by atoms with Crippen LogP contribution in [0.25, 0.3) is 0 Å². The number of fused-ring (bicyclic) bond motifs is 1. The first-order valence-corrected chi connectivity index (χ1v) is 10.6. The standard InChI is InChI=1S/C20H22N2O6S/c1-14(23)16-3-5-17(6-4-16)29(25,26)22-9-8-20(24)21-13-15-2-7-18-19(12-15)28-11-10-27-18/h2-7,12,22H,8-11,13H2,1H3,(H,21,24). The van der Waals surface area contributed by atoms with Crippen LogP contribution in [0.1, 0.15) is 29.3 Å². The Morgan fingerprint density at radius 2 is 1.69 bits per heavy atom. The summed E-state index contributed by atoms with van der Waals surface area (Å²) in [5, 5.41) is 2.74. The van der Waals surface area contributed by atoms with Gasteiger partial charge in [0.1, 0.15) is 13.2 Å². The first-order valence-electron chi connectivity index (χ1n) is 9.11. The number of amides is 1. The summed E-state index contributed by atoms with van der Waals surface area (Å²) < 4.78 is 37.9. The van der Waals surface area contributed by atoms with Gasteiger partial charge in [-0.25, -0.2) is 13.1 Å². The number of Topliss-reactive ketones (excluding diaryl/α,β-unsaturated/α-hetero) is 1. The van der Waals surface area contributed by atoms with Crippen molar-refractivity contribution < 1.29 is 27.5 Å². The number of nitrogens with one attached hydrogen (secondary N) is 2. The third-order valence-corrected chi connectivity index (χ3v) is 5.79. The molecule has 0 bridgehead atoms. The highest BCUT2D eigenvalue weighted by Crippen LogP contribution is 2.30. The first-order chi connectivity index (χ1) is 13.8. The molecule has 2 aromatic carbocycles. The van der Waals surface area contributed by atoms with E-state index >= 15 is 0 Å². The van der Waals surface area contributed by atoms with E-state index in [0.29, 0.717) is 36.8 Å². The molecule has 0 fully saturated rings. The van der Waals surface area contributed by atoms with Gasteiger partial charge in [0.2, 0.25) is 15.9 Å². The molecule has 1 heterocycles. The fraction of sp³-hybridized carbons (Fsp3) is 0.300. The predicted octanol–water partition coefficient (Wildman–Crippen LogP) is 1.65. The van der Waals surface area contributed by atoms with E-state index in [1.807, 2.05) is 12.1 Å². The summed E-state index contributed by atoms with van der Waals surface area (Å²) in [5.41, 5.74) is 1.29. The monoisotopic (exact) mass is 418 g/mol. The van der Waals surface area contributed by atoms with E-state index in [4.69, 9.17) is 9.47 Å². The molecular weight excluding hydrogens is 396 g/mol. The van der Waals surface area contributed by atoms with Crippen molar-refractivity contribution in [2.45, 2.75) is 24.8 Å². The zero-order valence-corrected chi connectivity index (χ0v) is 16.8. The molecule has 9 heteroatoms. The second kappa shape index (κ2) is 9.06. The Labute approximate surface area is 169 Å². The number of benzene rings is 2. The summed E-state index contributed by atoms with van der Waals surface area (Å²) in [6.07, 6.45) is -0.00465. The maximum absolute atomic E-state index is 12.3.